The number of ether oxygens (including phenoxy) is 2. The van der Waals surface area contributed by atoms with Crippen LogP contribution in [0.1, 0.15) is 12.0 Å². The second-order valence-electron chi connectivity index (χ2n) is 6.13. The van der Waals surface area contributed by atoms with E-state index >= 15 is 0 Å². The lowest BCUT2D eigenvalue weighted by Crippen LogP contribution is -2.41. The molecule has 2 N–H and O–H groups in total. The van der Waals surface area contributed by atoms with Crippen LogP contribution in [0.25, 0.3) is 0 Å². The fourth-order valence-corrected chi connectivity index (χ4v) is 2.80. The van der Waals surface area contributed by atoms with Gasteiger partial charge in [0.15, 0.2) is 5.96 Å². The van der Waals surface area contributed by atoms with Crippen LogP contribution in [0.15, 0.2) is 29.3 Å². The van der Waals surface area contributed by atoms with Gasteiger partial charge in [0.25, 0.3) is 0 Å². The van der Waals surface area contributed by atoms with E-state index in [4.69, 9.17) is 9.47 Å². The fraction of sp³-hybridized carbons (Fsp3) is 0.611. The van der Waals surface area contributed by atoms with Crippen molar-refractivity contribution >= 4 is 35.6 Å². The zero-order chi connectivity index (χ0) is 17.2. The monoisotopic (exact) mass is 462 g/mol. The second kappa shape index (κ2) is 12.3. The van der Waals surface area contributed by atoms with E-state index in [1.54, 1.807) is 7.11 Å². The van der Waals surface area contributed by atoms with Crippen LogP contribution in [0.3, 0.4) is 0 Å². The van der Waals surface area contributed by atoms with Crippen molar-refractivity contribution in [3.8, 4) is 0 Å². The van der Waals surface area contributed by atoms with E-state index < -0.39 is 0 Å². The van der Waals surface area contributed by atoms with Gasteiger partial charge >= 0.3 is 0 Å². The van der Waals surface area contributed by atoms with Gasteiger partial charge in [-0.05, 0) is 24.1 Å². The first-order valence-corrected chi connectivity index (χ1v) is 8.54. The highest BCUT2D eigenvalue weighted by molar-refractivity contribution is 14.0. The molecular formula is C18H31IN4O2. The SMILES string of the molecule is CN=C(NCc1ccc(NCCOC)cc1)N(C)CC1CCOC1.I. The van der Waals surface area contributed by atoms with Crippen LogP contribution in [0.5, 0.6) is 0 Å². The summed E-state index contributed by atoms with van der Waals surface area (Å²) in [5.74, 6) is 1.52. The average molecular weight is 462 g/mol. The number of benzene rings is 1. The van der Waals surface area contributed by atoms with Gasteiger partial charge in [0, 0.05) is 59.1 Å². The molecule has 1 aliphatic heterocycles. The lowest BCUT2D eigenvalue weighted by molar-refractivity contribution is 0.181. The predicted molar refractivity (Wildman–Crippen MR) is 114 cm³/mol. The predicted octanol–water partition coefficient (Wildman–Crippen LogP) is 2.41. The standard InChI is InChI=1S/C18H30N4O2.HI/c1-19-18(22(2)13-16-8-10-24-14-16)21-12-15-4-6-17(7-5-15)20-9-11-23-3;/h4-7,16,20H,8-14H2,1-3H3,(H,19,21);1H. The molecular weight excluding hydrogens is 431 g/mol. The number of nitrogens with zero attached hydrogens (tertiary/aromatic N) is 2. The molecule has 7 heteroatoms. The molecule has 0 radical (unpaired) electrons. The Hall–Kier alpha value is -1.06. The molecule has 0 aromatic heterocycles. The van der Waals surface area contributed by atoms with E-state index in [0.29, 0.717) is 12.5 Å². The van der Waals surface area contributed by atoms with E-state index in [0.717, 1.165) is 50.9 Å². The van der Waals surface area contributed by atoms with Gasteiger partial charge < -0.3 is 25.0 Å². The van der Waals surface area contributed by atoms with Gasteiger partial charge in [-0.15, -0.1) is 24.0 Å². The Labute approximate surface area is 168 Å². The maximum absolute atomic E-state index is 5.45. The minimum absolute atomic E-state index is 0. The molecule has 1 unspecified atom stereocenters. The summed E-state index contributed by atoms with van der Waals surface area (Å²) in [4.78, 5) is 6.56. The summed E-state index contributed by atoms with van der Waals surface area (Å²) in [6, 6.07) is 8.44. The molecule has 1 fully saturated rings. The van der Waals surface area contributed by atoms with Crippen LogP contribution in [0.4, 0.5) is 5.69 Å². The third-order valence-corrected chi connectivity index (χ3v) is 4.17. The Kier molecular flexibility index (Phi) is 10.8. The molecule has 1 heterocycles. The van der Waals surface area contributed by atoms with Crippen LogP contribution in [0, 0.1) is 5.92 Å². The number of guanidine groups is 1. The number of hydrogen-bond donors (Lipinski definition) is 2. The number of aliphatic imine (C=N–C) groups is 1. The first-order chi connectivity index (χ1) is 11.7. The molecule has 142 valence electrons. The summed E-state index contributed by atoms with van der Waals surface area (Å²) in [5, 5.41) is 6.74. The zero-order valence-electron chi connectivity index (χ0n) is 15.5. The average Bonchev–Trinajstić information content (AvgIpc) is 3.10. The lowest BCUT2D eigenvalue weighted by Gasteiger charge is -2.24. The molecule has 0 aliphatic carbocycles. The van der Waals surface area contributed by atoms with Crippen LogP contribution >= 0.6 is 24.0 Å². The van der Waals surface area contributed by atoms with Gasteiger partial charge in [-0.25, -0.2) is 0 Å². The minimum Gasteiger partial charge on any atom is -0.383 e. The summed E-state index contributed by atoms with van der Waals surface area (Å²) in [7, 11) is 5.61. The molecule has 25 heavy (non-hydrogen) atoms. The molecule has 0 spiro atoms. The quantitative estimate of drug-likeness (QED) is 0.269. The highest BCUT2D eigenvalue weighted by atomic mass is 127. The third-order valence-electron chi connectivity index (χ3n) is 4.17. The van der Waals surface area contributed by atoms with E-state index in [9.17, 15) is 0 Å². The van der Waals surface area contributed by atoms with Gasteiger partial charge in [-0.3, -0.25) is 4.99 Å². The van der Waals surface area contributed by atoms with Crippen molar-refractivity contribution in [2.24, 2.45) is 10.9 Å². The van der Waals surface area contributed by atoms with E-state index in [1.807, 2.05) is 7.05 Å². The number of nitrogens with one attached hydrogen (secondary N) is 2. The van der Waals surface area contributed by atoms with Crippen molar-refractivity contribution in [2.45, 2.75) is 13.0 Å². The van der Waals surface area contributed by atoms with Crippen molar-refractivity contribution in [2.75, 3.05) is 59.4 Å². The molecule has 2 rings (SSSR count). The van der Waals surface area contributed by atoms with Crippen LogP contribution in [-0.2, 0) is 16.0 Å². The summed E-state index contributed by atoms with van der Waals surface area (Å²) >= 11 is 0. The Balaban J connectivity index is 0.00000312. The summed E-state index contributed by atoms with van der Waals surface area (Å²) in [6.07, 6.45) is 1.14. The number of methoxy groups -OCH3 is 1. The number of halogens is 1. The number of anilines is 1. The number of hydrogen-bond acceptors (Lipinski definition) is 4. The van der Waals surface area contributed by atoms with E-state index in [2.05, 4.69) is 51.8 Å². The second-order valence-corrected chi connectivity index (χ2v) is 6.13. The third kappa shape index (κ3) is 7.79. The maximum atomic E-state index is 5.45. The van der Waals surface area contributed by atoms with Crippen molar-refractivity contribution in [1.82, 2.24) is 10.2 Å². The molecule has 6 nitrogen and oxygen atoms in total. The molecule has 1 aromatic carbocycles. The van der Waals surface area contributed by atoms with Gasteiger partial charge in [-0.2, -0.15) is 0 Å². The fourth-order valence-electron chi connectivity index (χ4n) is 2.80. The van der Waals surface area contributed by atoms with Crippen LogP contribution in [0.2, 0.25) is 0 Å². The smallest absolute Gasteiger partial charge is 0.193 e. The lowest BCUT2D eigenvalue weighted by atomic mass is 10.1. The van der Waals surface area contributed by atoms with Gasteiger partial charge in [0.2, 0.25) is 0 Å². The van der Waals surface area contributed by atoms with E-state index in [-0.39, 0.29) is 24.0 Å². The molecule has 0 amide bonds. The highest BCUT2D eigenvalue weighted by Crippen LogP contribution is 2.13. The molecule has 1 atom stereocenters. The Bertz CT molecular complexity index is 504. The van der Waals surface area contributed by atoms with Crippen molar-refractivity contribution < 1.29 is 9.47 Å². The minimum atomic E-state index is 0. The van der Waals surface area contributed by atoms with E-state index in [1.165, 1.54) is 5.56 Å². The Morgan fingerprint density at radius 2 is 2.12 bits per heavy atom. The first-order valence-electron chi connectivity index (χ1n) is 8.54. The molecule has 1 saturated heterocycles. The van der Waals surface area contributed by atoms with Gasteiger partial charge in [-0.1, -0.05) is 12.1 Å². The largest absolute Gasteiger partial charge is 0.383 e. The van der Waals surface area contributed by atoms with Crippen molar-refractivity contribution in [3.63, 3.8) is 0 Å². The summed E-state index contributed by atoms with van der Waals surface area (Å²) < 4.78 is 10.5. The maximum Gasteiger partial charge on any atom is 0.193 e. The topological polar surface area (TPSA) is 58.1 Å². The highest BCUT2D eigenvalue weighted by Gasteiger charge is 2.18. The number of rotatable bonds is 8. The molecule has 1 aromatic rings. The molecule has 1 aliphatic rings. The molecule has 0 bridgehead atoms. The normalized spacial score (nSPS) is 17.1. The zero-order valence-corrected chi connectivity index (χ0v) is 17.8. The Morgan fingerprint density at radius 1 is 1.36 bits per heavy atom. The summed E-state index contributed by atoms with van der Waals surface area (Å²) in [6.45, 7) is 5.00. The summed E-state index contributed by atoms with van der Waals surface area (Å²) in [5.41, 5.74) is 2.34. The van der Waals surface area contributed by atoms with Crippen LogP contribution < -0.4 is 10.6 Å². The van der Waals surface area contributed by atoms with Crippen molar-refractivity contribution in [3.05, 3.63) is 29.8 Å². The Morgan fingerprint density at radius 3 is 2.72 bits per heavy atom. The molecule has 0 saturated carbocycles. The van der Waals surface area contributed by atoms with Crippen LogP contribution in [-0.4, -0.2) is 65.0 Å². The first kappa shape index (κ1) is 22.0. The van der Waals surface area contributed by atoms with Gasteiger partial charge in [0.05, 0.1) is 13.2 Å². The van der Waals surface area contributed by atoms with Crippen molar-refractivity contribution in [1.29, 1.82) is 0 Å². The van der Waals surface area contributed by atoms with Gasteiger partial charge in [0.1, 0.15) is 0 Å².